The van der Waals surface area contributed by atoms with Gasteiger partial charge in [0.15, 0.2) is 0 Å². The topological polar surface area (TPSA) is 92.4 Å². The Morgan fingerprint density at radius 3 is 2.35 bits per heavy atom. The van der Waals surface area contributed by atoms with Gasteiger partial charge in [-0.2, -0.15) is 0 Å². The van der Waals surface area contributed by atoms with E-state index in [1.165, 1.54) is 6.07 Å². The van der Waals surface area contributed by atoms with Crippen LogP contribution in [0.5, 0.6) is 0 Å². The summed E-state index contributed by atoms with van der Waals surface area (Å²) in [7, 11) is 0. The summed E-state index contributed by atoms with van der Waals surface area (Å²) in [6.07, 6.45) is 0. The van der Waals surface area contributed by atoms with Crippen LogP contribution in [-0.4, -0.2) is 22.5 Å². The Hall–Kier alpha value is -1.88. The number of benzene rings is 1. The van der Waals surface area contributed by atoms with E-state index in [0.29, 0.717) is 11.3 Å². The number of amides is 1. The van der Waals surface area contributed by atoms with Crippen LogP contribution < -0.4 is 11.1 Å². The molecule has 0 aromatic heterocycles. The van der Waals surface area contributed by atoms with Crippen molar-refractivity contribution in [3.05, 3.63) is 29.3 Å². The standard InChI is InChI=1S/C12H16N2O3/c1-7-6-8(4-5-9(7)10(15)16)14-11(17)12(2,3)13/h4-6H,13H2,1-3H3,(H,14,17)(H,15,16). The summed E-state index contributed by atoms with van der Waals surface area (Å²) in [6, 6.07) is 4.60. The third-order valence-electron chi connectivity index (χ3n) is 2.30. The van der Waals surface area contributed by atoms with Crippen molar-refractivity contribution in [3.8, 4) is 0 Å². The molecule has 92 valence electrons. The van der Waals surface area contributed by atoms with Gasteiger partial charge in [0, 0.05) is 5.69 Å². The number of nitrogens with one attached hydrogen (secondary N) is 1. The Labute approximate surface area is 99.6 Å². The van der Waals surface area contributed by atoms with Crippen LogP contribution in [0.15, 0.2) is 18.2 Å². The fraction of sp³-hybridized carbons (Fsp3) is 0.333. The maximum atomic E-state index is 11.6. The molecular formula is C12H16N2O3. The van der Waals surface area contributed by atoms with E-state index in [0.717, 1.165) is 0 Å². The van der Waals surface area contributed by atoms with Gasteiger partial charge in [0.25, 0.3) is 0 Å². The van der Waals surface area contributed by atoms with E-state index >= 15 is 0 Å². The number of carboxylic acids is 1. The minimum atomic E-state index is -0.987. The first-order valence-corrected chi connectivity index (χ1v) is 5.16. The molecule has 0 aliphatic rings. The summed E-state index contributed by atoms with van der Waals surface area (Å²) in [5.41, 5.74) is 6.01. The molecule has 0 saturated heterocycles. The van der Waals surface area contributed by atoms with Gasteiger partial charge in [-0.25, -0.2) is 4.79 Å². The number of anilines is 1. The number of carbonyl (C=O) groups is 2. The smallest absolute Gasteiger partial charge is 0.335 e. The molecule has 1 aromatic carbocycles. The van der Waals surface area contributed by atoms with Crippen molar-refractivity contribution >= 4 is 17.6 Å². The second-order valence-electron chi connectivity index (χ2n) is 4.51. The van der Waals surface area contributed by atoms with E-state index in [1.54, 1.807) is 32.9 Å². The molecule has 0 saturated carbocycles. The zero-order valence-corrected chi connectivity index (χ0v) is 10.1. The number of carboxylic acid groups (broad SMARTS) is 1. The summed E-state index contributed by atoms with van der Waals surface area (Å²) in [5, 5.41) is 11.5. The highest BCUT2D eigenvalue weighted by Gasteiger charge is 2.22. The first kappa shape index (κ1) is 13.2. The van der Waals surface area contributed by atoms with Crippen LogP contribution in [0.2, 0.25) is 0 Å². The van der Waals surface area contributed by atoms with E-state index in [9.17, 15) is 9.59 Å². The van der Waals surface area contributed by atoms with Crippen molar-refractivity contribution in [1.82, 2.24) is 0 Å². The average molecular weight is 236 g/mol. The predicted octanol–water partition coefficient (Wildman–Crippen LogP) is 1.37. The van der Waals surface area contributed by atoms with Gasteiger partial charge in [0.2, 0.25) is 5.91 Å². The summed E-state index contributed by atoms with van der Waals surface area (Å²) in [5.74, 6) is -1.31. The second kappa shape index (κ2) is 4.55. The van der Waals surface area contributed by atoms with Gasteiger partial charge in [0.05, 0.1) is 11.1 Å². The highest BCUT2D eigenvalue weighted by molar-refractivity contribution is 5.98. The second-order valence-corrected chi connectivity index (χ2v) is 4.51. The lowest BCUT2D eigenvalue weighted by molar-refractivity contribution is -0.120. The van der Waals surface area contributed by atoms with Gasteiger partial charge < -0.3 is 16.2 Å². The minimum Gasteiger partial charge on any atom is -0.478 e. The summed E-state index contributed by atoms with van der Waals surface area (Å²) >= 11 is 0. The Morgan fingerprint density at radius 2 is 1.94 bits per heavy atom. The molecule has 1 aromatic rings. The predicted molar refractivity (Wildman–Crippen MR) is 65.0 cm³/mol. The Kier molecular flexibility index (Phi) is 3.53. The van der Waals surface area contributed by atoms with Crippen LogP contribution >= 0.6 is 0 Å². The molecule has 1 rings (SSSR count). The number of hydrogen-bond acceptors (Lipinski definition) is 3. The number of aryl methyl sites for hydroxylation is 1. The lowest BCUT2D eigenvalue weighted by Gasteiger charge is -2.18. The van der Waals surface area contributed by atoms with E-state index in [4.69, 9.17) is 10.8 Å². The minimum absolute atomic E-state index is 0.218. The number of rotatable bonds is 3. The molecule has 0 bridgehead atoms. The van der Waals surface area contributed by atoms with Crippen molar-refractivity contribution in [3.63, 3.8) is 0 Å². The molecule has 1 amide bonds. The Balaban J connectivity index is 2.92. The summed E-state index contributed by atoms with van der Waals surface area (Å²) < 4.78 is 0. The Morgan fingerprint density at radius 1 is 1.35 bits per heavy atom. The Bertz CT molecular complexity index is 461. The van der Waals surface area contributed by atoms with Crippen molar-refractivity contribution in [2.24, 2.45) is 5.73 Å². The SMILES string of the molecule is Cc1cc(NC(=O)C(C)(C)N)ccc1C(=O)O. The fourth-order valence-corrected chi connectivity index (χ4v) is 1.27. The molecule has 5 nitrogen and oxygen atoms in total. The molecule has 0 unspecified atom stereocenters. The van der Waals surface area contributed by atoms with E-state index in [-0.39, 0.29) is 11.5 Å². The molecular weight excluding hydrogens is 220 g/mol. The average Bonchev–Trinajstić information content (AvgIpc) is 2.15. The third-order valence-corrected chi connectivity index (χ3v) is 2.30. The van der Waals surface area contributed by atoms with Gasteiger partial charge in [0.1, 0.15) is 0 Å². The maximum absolute atomic E-state index is 11.6. The zero-order valence-electron chi connectivity index (χ0n) is 10.1. The van der Waals surface area contributed by atoms with Crippen molar-refractivity contribution in [2.75, 3.05) is 5.32 Å². The molecule has 5 heteroatoms. The molecule has 0 spiro atoms. The van der Waals surface area contributed by atoms with Crippen LogP contribution in [0.4, 0.5) is 5.69 Å². The molecule has 4 N–H and O–H groups in total. The largest absolute Gasteiger partial charge is 0.478 e. The summed E-state index contributed by atoms with van der Waals surface area (Å²) in [6.45, 7) is 4.87. The van der Waals surface area contributed by atoms with Crippen molar-refractivity contribution in [2.45, 2.75) is 26.3 Å². The van der Waals surface area contributed by atoms with Gasteiger partial charge in [-0.15, -0.1) is 0 Å². The number of hydrogen-bond donors (Lipinski definition) is 3. The number of nitrogens with two attached hydrogens (primary N) is 1. The lowest BCUT2D eigenvalue weighted by atomic mass is 10.1. The lowest BCUT2D eigenvalue weighted by Crippen LogP contribution is -2.45. The number of carbonyl (C=O) groups excluding carboxylic acids is 1. The fourth-order valence-electron chi connectivity index (χ4n) is 1.27. The highest BCUT2D eigenvalue weighted by Crippen LogP contribution is 2.16. The van der Waals surface area contributed by atoms with Crippen LogP contribution in [0.1, 0.15) is 29.8 Å². The third kappa shape index (κ3) is 3.29. The van der Waals surface area contributed by atoms with Crippen molar-refractivity contribution in [1.29, 1.82) is 0 Å². The molecule has 0 heterocycles. The van der Waals surface area contributed by atoms with Gasteiger partial charge >= 0.3 is 5.97 Å². The number of aromatic carboxylic acids is 1. The van der Waals surface area contributed by atoms with Crippen LogP contribution in [-0.2, 0) is 4.79 Å². The normalized spacial score (nSPS) is 11.1. The molecule has 0 atom stereocenters. The molecule has 17 heavy (non-hydrogen) atoms. The first-order chi connectivity index (χ1) is 7.71. The van der Waals surface area contributed by atoms with Crippen molar-refractivity contribution < 1.29 is 14.7 Å². The van der Waals surface area contributed by atoms with Gasteiger partial charge in [-0.1, -0.05) is 0 Å². The molecule has 0 fully saturated rings. The van der Waals surface area contributed by atoms with E-state index in [1.807, 2.05) is 0 Å². The first-order valence-electron chi connectivity index (χ1n) is 5.16. The quantitative estimate of drug-likeness (QED) is 0.739. The maximum Gasteiger partial charge on any atom is 0.335 e. The zero-order chi connectivity index (χ0) is 13.2. The molecule has 0 aliphatic heterocycles. The monoisotopic (exact) mass is 236 g/mol. The van der Waals surface area contributed by atoms with Crippen LogP contribution in [0, 0.1) is 6.92 Å². The highest BCUT2D eigenvalue weighted by atomic mass is 16.4. The van der Waals surface area contributed by atoms with Crippen LogP contribution in [0.25, 0.3) is 0 Å². The van der Waals surface area contributed by atoms with E-state index < -0.39 is 11.5 Å². The molecule has 0 radical (unpaired) electrons. The van der Waals surface area contributed by atoms with Gasteiger partial charge in [-0.3, -0.25) is 4.79 Å². The summed E-state index contributed by atoms with van der Waals surface area (Å²) in [4.78, 5) is 22.4. The molecule has 0 aliphatic carbocycles. The van der Waals surface area contributed by atoms with Crippen LogP contribution in [0.3, 0.4) is 0 Å². The van der Waals surface area contributed by atoms with E-state index in [2.05, 4.69) is 5.32 Å². The van der Waals surface area contributed by atoms with Gasteiger partial charge in [-0.05, 0) is 44.5 Å².